The highest BCUT2D eigenvalue weighted by Gasteiger charge is 2.09. The van der Waals surface area contributed by atoms with Crippen molar-refractivity contribution in [2.75, 3.05) is 5.73 Å². The summed E-state index contributed by atoms with van der Waals surface area (Å²) in [5.74, 6) is 1.50. The molecule has 0 amide bonds. The van der Waals surface area contributed by atoms with E-state index in [2.05, 4.69) is 10.6 Å². The minimum atomic E-state index is -0.128. The zero-order valence-electron chi connectivity index (χ0n) is 10.1. The van der Waals surface area contributed by atoms with E-state index in [1.807, 2.05) is 31.2 Å². The van der Waals surface area contributed by atoms with Crippen LogP contribution in [0.15, 0.2) is 42.3 Å². The van der Waals surface area contributed by atoms with Gasteiger partial charge < -0.3 is 21.1 Å². The molecule has 5 heteroatoms. The number of nitrogens with two attached hydrogens (primary N) is 1. The third kappa shape index (κ3) is 2.82. The number of anilines is 1. The Kier molecular flexibility index (Phi) is 3.52. The number of nitrogens with one attached hydrogen (secondary N) is 3. The number of hydrogen-bond donors (Lipinski definition) is 4. The first-order chi connectivity index (χ1) is 8.69. The highest BCUT2D eigenvalue weighted by Crippen LogP contribution is 2.23. The lowest BCUT2D eigenvalue weighted by atomic mass is 10.2. The maximum Gasteiger partial charge on any atom is 0.130 e. The van der Waals surface area contributed by atoms with Crippen LogP contribution >= 0.6 is 0 Å². The number of rotatable bonds is 4. The molecule has 1 aliphatic rings. The minimum Gasteiger partial charge on any atom is -0.457 e. The van der Waals surface area contributed by atoms with Crippen LogP contribution in [-0.2, 0) is 0 Å². The fourth-order valence-corrected chi connectivity index (χ4v) is 1.67. The first-order valence-electron chi connectivity index (χ1n) is 5.62. The maximum atomic E-state index is 7.00. The van der Waals surface area contributed by atoms with Gasteiger partial charge in [-0.3, -0.25) is 5.41 Å². The van der Waals surface area contributed by atoms with Crippen LogP contribution in [0.3, 0.4) is 0 Å². The van der Waals surface area contributed by atoms with Gasteiger partial charge in [0.1, 0.15) is 17.7 Å². The number of aryl methyl sites for hydroxylation is 1. The summed E-state index contributed by atoms with van der Waals surface area (Å²) < 4.78 is 5.78. The third-order valence-electron chi connectivity index (χ3n) is 2.54. The van der Waals surface area contributed by atoms with E-state index in [1.54, 1.807) is 12.3 Å². The molecule has 1 heterocycles. The Morgan fingerprint density at radius 3 is 3.06 bits per heavy atom. The Hall–Kier alpha value is -2.43. The molecule has 1 atom stereocenters. The summed E-state index contributed by atoms with van der Waals surface area (Å²) >= 11 is 0. The average Bonchev–Trinajstić information content (AvgIpc) is 2.34. The molecule has 1 aromatic rings. The van der Waals surface area contributed by atoms with Gasteiger partial charge in [-0.15, -0.1) is 0 Å². The monoisotopic (exact) mass is 244 g/mol. The second kappa shape index (κ2) is 5.27. The number of dihydropyridines is 1. The summed E-state index contributed by atoms with van der Waals surface area (Å²) in [6.45, 7) is 1.95. The van der Waals surface area contributed by atoms with Gasteiger partial charge in [0, 0.05) is 18.0 Å². The Labute approximate surface area is 106 Å². The van der Waals surface area contributed by atoms with Crippen LogP contribution in [0.2, 0.25) is 0 Å². The summed E-state index contributed by atoms with van der Waals surface area (Å²) in [7, 11) is 0. The third-order valence-corrected chi connectivity index (χ3v) is 2.54. The molecule has 0 saturated carbocycles. The lowest BCUT2D eigenvalue weighted by Crippen LogP contribution is -2.38. The van der Waals surface area contributed by atoms with Crippen molar-refractivity contribution in [2.45, 2.75) is 13.1 Å². The van der Waals surface area contributed by atoms with Crippen LogP contribution in [0.5, 0.6) is 5.75 Å². The maximum absolute atomic E-state index is 7.00. The molecular formula is C13H16N4O. The van der Waals surface area contributed by atoms with Crippen LogP contribution < -0.4 is 21.1 Å². The molecule has 2 rings (SSSR count). The summed E-state index contributed by atoms with van der Waals surface area (Å²) in [6.07, 6.45) is 6.48. The largest absolute Gasteiger partial charge is 0.457 e. The van der Waals surface area contributed by atoms with Crippen molar-refractivity contribution in [3.63, 3.8) is 0 Å². The number of ether oxygens (including phenoxy) is 1. The smallest absolute Gasteiger partial charge is 0.130 e. The second-order valence-corrected chi connectivity index (χ2v) is 3.98. The zero-order valence-corrected chi connectivity index (χ0v) is 10.1. The number of allylic oxidation sites excluding steroid dienone is 1. The quantitative estimate of drug-likeness (QED) is 0.367. The van der Waals surface area contributed by atoms with Crippen molar-refractivity contribution >= 4 is 12.0 Å². The molecule has 0 spiro atoms. The van der Waals surface area contributed by atoms with Crippen molar-refractivity contribution < 1.29 is 4.74 Å². The Bertz CT molecular complexity index is 506. The summed E-state index contributed by atoms with van der Waals surface area (Å²) in [6, 6.07) is 5.52. The Balaban J connectivity index is 2.13. The molecule has 5 nitrogen and oxygen atoms in total. The van der Waals surface area contributed by atoms with E-state index < -0.39 is 0 Å². The fourth-order valence-electron chi connectivity index (χ4n) is 1.67. The second-order valence-electron chi connectivity index (χ2n) is 3.98. The van der Waals surface area contributed by atoms with Gasteiger partial charge in [-0.2, -0.15) is 0 Å². The van der Waals surface area contributed by atoms with Crippen molar-refractivity contribution in [2.24, 2.45) is 0 Å². The van der Waals surface area contributed by atoms with Gasteiger partial charge in [-0.1, -0.05) is 0 Å². The molecule has 1 aliphatic heterocycles. The molecule has 5 N–H and O–H groups in total. The number of benzene rings is 1. The first kappa shape index (κ1) is 12.0. The zero-order chi connectivity index (χ0) is 13.0. The standard InChI is InChI=1S/C13H16N4O/c1-9-6-10(15)2-3-12(9)18-11-4-5-16-13(7-11)17-8-14/h2-8,13,16H,15H2,1H3,(H2,14,17). The molecule has 1 aromatic carbocycles. The van der Waals surface area contributed by atoms with Crippen LogP contribution in [0.1, 0.15) is 5.56 Å². The van der Waals surface area contributed by atoms with E-state index in [-0.39, 0.29) is 6.17 Å². The molecule has 0 radical (unpaired) electrons. The van der Waals surface area contributed by atoms with Crippen molar-refractivity contribution in [3.05, 3.63) is 47.9 Å². The van der Waals surface area contributed by atoms with Gasteiger partial charge >= 0.3 is 0 Å². The van der Waals surface area contributed by atoms with E-state index in [0.29, 0.717) is 0 Å². The summed E-state index contributed by atoms with van der Waals surface area (Å²) in [4.78, 5) is 0. The minimum absolute atomic E-state index is 0.128. The fraction of sp³-hybridized carbons (Fsp3) is 0.154. The molecule has 0 fully saturated rings. The van der Waals surface area contributed by atoms with E-state index in [9.17, 15) is 0 Å². The Morgan fingerprint density at radius 1 is 1.50 bits per heavy atom. The van der Waals surface area contributed by atoms with Crippen molar-refractivity contribution in [3.8, 4) is 5.75 Å². The van der Waals surface area contributed by atoms with Gasteiger partial charge in [0.15, 0.2) is 0 Å². The average molecular weight is 244 g/mol. The van der Waals surface area contributed by atoms with Crippen LogP contribution in [-0.4, -0.2) is 12.5 Å². The number of hydrogen-bond acceptors (Lipinski definition) is 4. The number of nitrogen functional groups attached to an aromatic ring is 1. The van der Waals surface area contributed by atoms with Crippen molar-refractivity contribution in [1.29, 1.82) is 5.41 Å². The molecule has 0 aliphatic carbocycles. The normalized spacial score (nSPS) is 17.6. The highest BCUT2D eigenvalue weighted by atomic mass is 16.5. The van der Waals surface area contributed by atoms with Crippen LogP contribution in [0.25, 0.3) is 0 Å². The summed E-state index contributed by atoms with van der Waals surface area (Å²) in [5.41, 5.74) is 7.40. The van der Waals surface area contributed by atoms with Gasteiger partial charge in [0.25, 0.3) is 0 Å². The lowest BCUT2D eigenvalue weighted by Gasteiger charge is -2.19. The lowest BCUT2D eigenvalue weighted by molar-refractivity contribution is 0.427. The molecule has 0 aromatic heterocycles. The predicted molar refractivity (Wildman–Crippen MR) is 72.3 cm³/mol. The predicted octanol–water partition coefficient (Wildman–Crippen LogP) is 1.48. The first-order valence-corrected chi connectivity index (χ1v) is 5.62. The molecule has 1 unspecified atom stereocenters. The van der Waals surface area contributed by atoms with Gasteiger partial charge in [-0.25, -0.2) is 0 Å². The highest BCUT2D eigenvalue weighted by molar-refractivity contribution is 5.51. The SMILES string of the molecule is Cc1cc(N)ccc1OC1=CC(NC=N)NC=C1. The van der Waals surface area contributed by atoms with E-state index >= 15 is 0 Å². The molecule has 0 bridgehead atoms. The summed E-state index contributed by atoms with van der Waals surface area (Å²) in [5, 5.41) is 12.9. The molecular weight excluding hydrogens is 228 g/mol. The molecule has 18 heavy (non-hydrogen) atoms. The molecule has 94 valence electrons. The van der Waals surface area contributed by atoms with Crippen LogP contribution in [0.4, 0.5) is 5.69 Å². The topological polar surface area (TPSA) is 83.2 Å². The van der Waals surface area contributed by atoms with Gasteiger partial charge in [-0.05, 0) is 36.8 Å². The van der Waals surface area contributed by atoms with E-state index in [1.165, 1.54) is 0 Å². The van der Waals surface area contributed by atoms with Crippen molar-refractivity contribution in [1.82, 2.24) is 10.6 Å². The Morgan fingerprint density at radius 2 is 2.33 bits per heavy atom. The van der Waals surface area contributed by atoms with E-state index in [4.69, 9.17) is 15.9 Å². The van der Waals surface area contributed by atoms with Gasteiger partial charge in [0.2, 0.25) is 0 Å². The van der Waals surface area contributed by atoms with E-state index in [0.717, 1.165) is 29.1 Å². The van der Waals surface area contributed by atoms with Crippen LogP contribution in [0, 0.1) is 12.3 Å². The molecule has 0 saturated heterocycles. The van der Waals surface area contributed by atoms with Gasteiger partial charge in [0.05, 0.1) is 6.34 Å².